The number of aromatic nitrogens is 1. The molecule has 1 heterocycles. The Kier molecular flexibility index (Phi) is 6.21. The van der Waals surface area contributed by atoms with E-state index in [2.05, 4.69) is 48.3 Å². The zero-order valence-electron chi connectivity index (χ0n) is 12.4. The fourth-order valence-corrected chi connectivity index (χ4v) is 3.27. The van der Waals surface area contributed by atoms with Gasteiger partial charge in [0.25, 0.3) is 0 Å². The molecule has 0 unspecified atom stereocenters. The number of benzene rings is 1. The first-order chi connectivity index (χ1) is 10.5. The summed E-state index contributed by atoms with van der Waals surface area (Å²) in [4.78, 5) is 4.27. The normalized spacial score (nSPS) is 10.7. The van der Waals surface area contributed by atoms with Crippen LogP contribution in [0.25, 0.3) is 0 Å². The van der Waals surface area contributed by atoms with Gasteiger partial charge in [-0.2, -0.15) is 9.64 Å². The summed E-state index contributed by atoms with van der Waals surface area (Å²) in [6.07, 6.45) is 0. The Bertz CT molecular complexity index is 663. The first-order valence-electron chi connectivity index (χ1n) is 6.70. The minimum Gasteiger partial charge on any atom is -0.355 e. The van der Waals surface area contributed by atoms with Gasteiger partial charge in [0.15, 0.2) is 5.15 Å². The second kappa shape index (κ2) is 7.93. The van der Waals surface area contributed by atoms with E-state index < -0.39 is 0 Å². The molecule has 0 aliphatic carbocycles. The Hall–Kier alpha value is -1.13. The number of halogens is 2. The van der Waals surface area contributed by atoms with Crippen LogP contribution in [0.5, 0.6) is 0 Å². The highest BCUT2D eigenvalue weighted by Crippen LogP contribution is 2.32. The average molecular weight is 400 g/mol. The van der Waals surface area contributed by atoms with E-state index in [0.29, 0.717) is 12.1 Å². The summed E-state index contributed by atoms with van der Waals surface area (Å²) in [6, 6.07) is 10.3. The largest absolute Gasteiger partial charge is 0.355 e. The molecule has 0 fully saturated rings. The van der Waals surface area contributed by atoms with Gasteiger partial charge in [-0.3, -0.25) is 0 Å². The van der Waals surface area contributed by atoms with Crippen molar-refractivity contribution in [3.8, 4) is 6.07 Å². The SMILES string of the molecule is CN(C)CCN(Cc1ccc(Br)cc1)c1snc(Cl)c1C#N. The van der Waals surface area contributed by atoms with E-state index in [0.717, 1.165) is 22.6 Å². The summed E-state index contributed by atoms with van der Waals surface area (Å²) in [6.45, 7) is 2.40. The number of hydrogen-bond donors (Lipinski definition) is 0. The highest BCUT2D eigenvalue weighted by Gasteiger charge is 2.18. The van der Waals surface area contributed by atoms with E-state index in [9.17, 15) is 5.26 Å². The molecule has 0 atom stereocenters. The van der Waals surface area contributed by atoms with Crippen molar-refractivity contribution in [3.63, 3.8) is 0 Å². The Labute approximate surface area is 148 Å². The molecule has 0 spiro atoms. The minimum absolute atomic E-state index is 0.285. The molecule has 0 aliphatic rings. The van der Waals surface area contributed by atoms with Gasteiger partial charge in [0, 0.05) is 24.1 Å². The van der Waals surface area contributed by atoms with Gasteiger partial charge < -0.3 is 9.80 Å². The maximum absolute atomic E-state index is 9.31. The molecular weight excluding hydrogens is 384 g/mol. The van der Waals surface area contributed by atoms with Crippen LogP contribution in [0.3, 0.4) is 0 Å². The Morgan fingerprint density at radius 2 is 1.95 bits per heavy atom. The van der Waals surface area contributed by atoms with Crippen molar-refractivity contribution in [1.29, 1.82) is 5.26 Å². The van der Waals surface area contributed by atoms with E-state index in [-0.39, 0.29) is 5.15 Å². The third-order valence-corrected chi connectivity index (χ3v) is 4.95. The van der Waals surface area contributed by atoms with Gasteiger partial charge in [-0.25, -0.2) is 0 Å². The third-order valence-electron chi connectivity index (χ3n) is 3.14. The van der Waals surface area contributed by atoms with Crippen molar-refractivity contribution in [2.24, 2.45) is 0 Å². The molecular formula is C15H16BrClN4S. The molecule has 0 aliphatic heterocycles. The zero-order chi connectivity index (χ0) is 16.1. The molecule has 0 saturated heterocycles. The van der Waals surface area contributed by atoms with Crippen LogP contribution in [0.1, 0.15) is 11.1 Å². The van der Waals surface area contributed by atoms with Crippen LogP contribution < -0.4 is 4.90 Å². The Balaban J connectivity index is 2.26. The van der Waals surface area contributed by atoms with E-state index in [1.54, 1.807) is 0 Å². The zero-order valence-corrected chi connectivity index (χ0v) is 15.5. The van der Waals surface area contributed by atoms with Gasteiger partial charge in [-0.15, -0.1) is 0 Å². The van der Waals surface area contributed by atoms with Crippen LogP contribution in [-0.4, -0.2) is 36.5 Å². The second-order valence-electron chi connectivity index (χ2n) is 5.12. The van der Waals surface area contributed by atoms with Crippen molar-refractivity contribution in [1.82, 2.24) is 9.27 Å². The maximum atomic E-state index is 9.31. The third kappa shape index (κ3) is 4.43. The van der Waals surface area contributed by atoms with Gasteiger partial charge in [0.2, 0.25) is 0 Å². The summed E-state index contributed by atoms with van der Waals surface area (Å²) >= 11 is 10.7. The average Bonchev–Trinajstić information content (AvgIpc) is 2.86. The molecule has 22 heavy (non-hydrogen) atoms. The molecule has 1 aromatic carbocycles. The van der Waals surface area contributed by atoms with E-state index in [1.165, 1.54) is 17.1 Å². The van der Waals surface area contributed by atoms with Crippen molar-refractivity contribution < 1.29 is 0 Å². The van der Waals surface area contributed by atoms with Crippen molar-refractivity contribution in [3.05, 3.63) is 45.0 Å². The van der Waals surface area contributed by atoms with E-state index in [4.69, 9.17) is 11.6 Å². The summed E-state index contributed by atoms with van der Waals surface area (Å²) in [5, 5.41) is 10.4. The molecule has 1 aromatic heterocycles. The molecule has 4 nitrogen and oxygen atoms in total. The van der Waals surface area contributed by atoms with Crippen LogP contribution in [0, 0.1) is 11.3 Å². The van der Waals surface area contributed by atoms with Gasteiger partial charge >= 0.3 is 0 Å². The van der Waals surface area contributed by atoms with Crippen LogP contribution in [0.15, 0.2) is 28.7 Å². The summed E-state index contributed by atoms with van der Waals surface area (Å²) < 4.78 is 5.16. The van der Waals surface area contributed by atoms with Gasteiger partial charge in [-0.1, -0.05) is 39.7 Å². The molecule has 0 radical (unpaired) electrons. The highest BCUT2D eigenvalue weighted by atomic mass is 79.9. The van der Waals surface area contributed by atoms with Crippen LogP contribution in [0.4, 0.5) is 5.00 Å². The number of anilines is 1. The van der Waals surface area contributed by atoms with Gasteiger partial charge in [0.05, 0.1) is 0 Å². The van der Waals surface area contributed by atoms with Gasteiger partial charge in [0.1, 0.15) is 16.6 Å². The molecule has 2 aromatic rings. The monoisotopic (exact) mass is 398 g/mol. The number of likely N-dealkylation sites (N-methyl/N-ethyl adjacent to an activating group) is 1. The highest BCUT2D eigenvalue weighted by molar-refractivity contribution is 9.10. The fraction of sp³-hybridized carbons (Fsp3) is 0.333. The van der Waals surface area contributed by atoms with Gasteiger partial charge in [-0.05, 0) is 43.3 Å². The number of nitrogens with zero attached hydrogens (tertiary/aromatic N) is 4. The maximum Gasteiger partial charge on any atom is 0.162 e. The molecule has 116 valence electrons. The van der Waals surface area contributed by atoms with E-state index in [1.807, 2.05) is 26.2 Å². The minimum atomic E-state index is 0.285. The lowest BCUT2D eigenvalue weighted by molar-refractivity contribution is 0.413. The smallest absolute Gasteiger partial charge is 0.162 e. The van der Waals surface area contributed by atoms with Crippen LogP contribution >= 0.6 is 39.1 Å². The molecule has 0 saturated carbocycles. The van der Waals surface area contributed by atoms with Crippen molar-refractivity contribution in [2.75, 3.05) is 32.1 Å². The standard InChI is InChI=1S/C15H16BrClN4S/c1-20(2)7-8-21(10-11-3-5-12(16)6-4-11)15-13(9-18)14(17)19-22-15/h3-6H,7-8,10H2,1-2H3. The predicted octanol–water partition coefficient (Wildman–Crippen LogP) is 4.00. The molecule has 2 rings (SSSR count). The number of hydrogen-bond acceptors (Lipinski definition) is 5. The topological polar surface area (TPSA) is 43.2 Å². The van der Waals surface area contributed by atoms with Crippen LogP contribution in [-0.2, 0) is 6.54 Å². The first-order valence-corrected chi connectivity index (χ1v) is 8.65. The molecule has 0 N–H and O–H groups in total. The lowest BCUT2D eigenvalue weighted by atomic mass is 10.2. The Morgan fingerprint density at radius 1 is 1.27 bits per heavy atom. The predicted molar refractivity (Wildman–Crippen MR) is 95.6 cm³/mol. The second-order valence-corrected chi connectivity index (χ2v) is 7.14. The van der Waals surface area contributed by atoms with E-state index >= 15 is 0 Å². The van der Waals surface area contributed by atoms with Crippen molar-refractivity contribution in [2.45, 2.75) is 6.54 Å². The molecule has 7 heteroatoms. The molecule has 0 bridgehead atoms. The summed E-state index contributed by atoms with van der Waals surface area (Å²) in [5.74, 6) is 0. The lowest BCUT2D eigenvalue weighted by Crippen LogP contribution is -2.31. The van der Waals surface area contributed by atoms with Crippen molar-refractivity contribution >= 4 is 44.1 Å². The molecule has 0 amide bonds. The van der Waals surface area contributed by atoms with Crippen LogP contribution in [0.2, 0.25) is 5.15 Å². The lowest BCUT2D eigenvalue weighted by Gasteiger charge is -2.25. The summed E-state index contributed by atoms with van der Waals surface area (Å²) in [7, 11) is 4.06. The quantitative estimate of drug-likeness (QED) is 0.736. The summed E-state index contributed by atoms with van der Waals surface area (Å²) in [5.41, 5.74) is 1.64. The Morgan fingerprint density at radius 3 is 2.55 bits per heavy atom. The number of rotatable bonds is 6. The number of nitriles is 1. The fourth-order valence-electron chi connectivity index (χ4n) is 1.96. The first kappa shape index (κ1) is 17.2.